The first-order chi connectivity index (χ1) is 11.2. The van der Waals surface area contributed by atoms with E-state index in [0.29, 0.717) is 6.42 Å². The Bertz CT molecular complexity index is 483. The van der Waals surface area contributed by atoms with Gasteiger partial charge in [0.05, 0.1) is 17.7 Å². The van der Waals surface area contributed by atoms with Crippen LogP contribution in [0.15, 0.2) is 0 Å². The molecule has 0 fully saturated rings. The number of aliphatic hydroxyl groups excluding tert-OH is 1. The maximum atomic E-state index is 11.9. The molecule has 0 rings (SSSR count). The fourth-order valence-corrected chi connectivity index (χ4v) is 4.17. The van der Waals surface area contributed by atoms with Crippen molar-refractivity contribution in [3.63, 3.8) is 0 Å². The Morgan fingerprint density at radius 2 is 1.19 bits per heavy atom. The normalized spacial score (nSPS) is 13.2. The predicted octanol–water partition coefficient (Wildman–Crippen LogP) is -6.44. The van der Waals surface area contributed by atoms with Gasteiger partial charge in [-0.1, -0.05) is 64.7 Å². The molecule has 0 saturated carbocycles. The molecule has 0 heterocycles. The van der Waals surface area contributed by atoms with Gasteiger partial charge in [0, 0.05) is 0 Å². The number of hydrogen-bond acceptors (Lipinski definition) is 7. The standard InChI is InChI=1S/C16H30O7S.2Na/c1-2-3-4-5-6-7-8-9-10-11-12-24(22,23)14(16(20)21)13(17)15(18)19;;/h13-14,17H,2-12H2,1H3,(H,18,19)(H,20,21);;/q;2*+1/p-2. The van der Waals surface area contributed by atoms with Crippen molar-refractivity contribution in [2.75, 3.05) is 5.75 Å². The number of rotatable bonds is 15. The van der Waals surface area contributed by atoms with Gasteiger partial charge in [0.25, 0.3) is 0 Å². The largest absolute Gasteiger partial charge is 1.00 e. The van der Waals surface area contributed by atoms with Gasteiger partial charge < -0.3 is 24.9 Å². The summed E-state index contributed by atoms with van der Waals surface area (Å²) < 4.78 is 23.8. The van der Waals surface area contributed by atoms with E-state index in [9.17, 15) is 33.3 Å². The van der Waals surface area contributed by atoms with Crippen LogP contribution in [0.5, 0.6) is 0 Å². The second-order valence-electron chi connectivity index (χ2n) is 6.05. The molecular weight excluding hydrogens is 382 g/mol. The van der Waals surface area contributed by atoms with Crippen LogP contribution >= 0.6 is 0 Å². The van der Waals surface area contributed by atoms with Crippen LogP contribution in [0.2, 0.25) is 0 Å². The summed E-state index contributed by atoms with van der Waals surface area (Å²) >= 11 is 0. The zero-order valence-corrected chi connectivity index (χ0v) is 21.1. The molecular formula is C16H28Na2O7S. The molecule has 1 N–H and O–H groups in total. The second-order valence-corrected chi connectivity index (χ2v) is 8.29. The summed E-state index contributed by atoms with van der Waals surface area (Å²) in [4.78, 5) is 21.4. The van der Waals surface area contributed by atoms with E-state index in [4.69, 9.17) is 0 Å². The topological polar surface area (TPSA) is 135 Å². The molecule has 0 aromatic rings. The van der Waals surface area contributed by atoms with Gasteiger partial charge in [-0.2, -0.15) is 0 Å². The number of carboxylic acid groups (broad SMARTS) is 2. The van der Waals surface area contributed by atoms with Gasteiger partial charge in [-0.05, 0) is 6.42 Å². The van der Waals surface area contributed by atoms with Crippen molar-refractivity contribution < 1.29 is 92.4 Å². The summed E-state index contributed by atoms with van der Waals surface area (Å²) in [6, 6.07) is 0. The maximum absolute atomic E-state index is 11.9. The Morgan fingerprint density at radius 3 is 1.54 bits per heavy atom. The summed E-state index contributed by atoms with van der Waals surface area (Å²) in [6.45, 7) is 2.16. The van der Waals surface area contributed by atoms with Crippen LogP contribution in [0.3, 0.4) is 0 Å². The first-order valence-corrected chi connectivity index (χ1v) is 10.3. The Hall–Kier alpha value is 0.850. The summed E-state index contributed by atoms with van der Waals surface area (Å²) in [6.07, 6.45) is 7.16. The third-order valence-corrected chi connectivity index (χ3v) is 6.01. The van der Waals surface area contributed by atoms with Crippen LogP contribution in [0, 0.1) is 0 Å². The first kappa shape index (κ1) is 31.5. The molecule has 0 aliphatic carbocycles. The number of aliphatic carboxylic acids is 2. The van der Waals surface area contributed by atoms with Crippen molar-refractivity contribution in [1.82, 2.24) is 0 Å². The zero-order valence-electron chi connectivity index (χ0n) is 16.2. The predicted molar refractivity (Wildman–Crippen MR) is 85.4 cm³/mol. The molecule has 0 bridgehead atoms. The summed E-state index contributed by atoms with van der Waals surface area (Å²) in [7, 11) is -4.31. The SMILES string of the molecule is CCCCCCCCCCCCS(=O)(=O)C(C(=O)[O-])C(O)C(=O)[O-].[Na+].[Na+]. The Labute approximate surface area is 200 Å². The summed E-state index contributed by atoms with van der Waals surface area (Å²) in [5.41, 5.74) is 0. The van der Waals surface area contributed by atoms with Gasteiger partial charge in [-0.15, -0.1) is 0 Å². The quantitative estimate of drug-likeness (QED) is 0.210. The van der Waals surface area contributed by atoms with Crippen LogP contribution in [-0.2, 0) is 19.4 Å². The van der Waals surface area contributed by atoms with E-state index >= 15 is 0 Å². The average Bonchev–Trinajstić information content (AvgIpc) is 2.48. The second kappa shape index (κ2) is 17.9. The van der Waals surface area contributed by atoms with E-state index in [-0.39, 0.29) is 65.5 Å². The van der Waals surface area contributed by atoms with Gasteiger partial charge >= 0.3 is 59.1 Å². The van der Waals surface area contributed by atoms with E-state index < -0.39 is 38.9 Å². The number of sulfone groups is 1. The average molecular weight is 410 g/mol. The Morgan fingerprint density at radius 1 is 0.808 bits per heavy atom. The number of carboxylic acids is 2. The van der Waals surface area contributed by atoms with Gasteiger partial charge in [-0.25, -0.2) is 8.42 Å². The van der Waals surface area contributed by atoms with E-state index in [1.165, 1.54) is 25.7 Å². The molecule has 142 valence electrons. The van der Waals surface area contributed by atoms with Gasteiger partial charge in [0.1, 0.15) is 11.4 Å². The molecule has 7 nitrogen and oxygen atoms in total. The fourth-order valence-electron chi connectivity index (χ4n) is 2.51. The third kappa shape index (κ3) is 13.9. The molecule has 0 aliphatic heterocycles. The summed E-state index contributed by atoms with van der Waals surface area (Å²) in [5, 5.41) is 28.1. The molecule has 10 heteroatoms. The van der Waals surface area contributed by atoms with E-state index in [2.05, 4.69) is 6.92 Å². The van der Waals surface area contributed by atoms with E-state index in [1.807, 2.05) is 0 Å². The molecule has 0 saturated heterocycles. The molecule has 0 aromatic heterocycles. The molecule has 26 heavy (non-hydrogen) atoms. The van der Waals surface area contributed by atoms with Crippen molar-refractivity contribution in [2.24, 2.45) is 0 Å². The van der Waals surface area contributed by atoms with Gasteiger partial charge in [0.2, 0.25) is 0 Å². The third-order valence-electron chi connectivity index (χ3n) is 3.93. The van der Waals surface area contributed by atoms with Crippen molar-refractivity contribution >= 4 is 21.8 Å². The minimum atomic E-state index is -4.31. The number of carbonyl (C=O) groups excluding carboxylic acids is 2. The molecule has 0 amide bonds. The Kier molecular flexibility index (Phi) is 21.7. The Balaban J connectivity index is -0.00000264. The molecule has 0 aromatic carbocycles. The number of hydrogen-bond donors (Lipinski definition) is 1. The van der Waals surface area contributed by atoms with E-state index in [0.717, 1.165) is 25.7 Å². The van der Waals surface area contributed by atoms with Crippen molar-refractivity contribution in [2.45, 2.75) is 82.5 Å². The molecule has 2 atom stereocenters. The van der Waals surface area contributed by atoms with Gasteiger partial charge in [0.15, 0.2) is 9.84 Å². The minimum Gasteiger partial charge on any atom is -0.549 e. The van der Waals surface area contributed by atoms with Crippen LogP contribution in [-0.4, -0.2) is 42.6 Å². The van der Waals surface area contributed by atoms with Crippen LogP contribution < -0.4 is 69.3 Å². The molecule has 0 aliphatic rings. The smallest absolute Gasteiger partial charge is 0.549 e. The maximum Gasteiger partial charge on any atom is 1.00 e. The van der Waals surface area contributed by atoms with Crippen LogP contribution in [0.25, 0.3) is 0 Å². The van der Waals surface area contributed by atoms with Crippen molar-refractivity contribution in [1.29, 1.82) is 0 Å². The first-order valence-electron chi connectivity index (χ1n) is 8.55. The monoisotopic (exact) mass is 410 g/mol. The van der Waals surface area contributed by atoms with Crippen molar-refractivity contribution in [3.8, 4) is 0 Å². The number of carbonyl (C=O) groups is 2. The molecule has 0 spiro atoms. The van der Waals surface area contributed by atoms with E-state index in [1.54, 1.807) is 0 Å². The zero-order chi connectivity index (χ0) is 18.6. The van der Waals surface area contributed by atoms with Crippen molar-refractivity contribution in [3.05, 3.63) is 0 Å². The fraction of sp³-hybridized carbons (Fsp3) is 0.875. The number of aliphatic hydroxyl groups is 1. The van der Waals surface area contributed by atoms with Gasteiger partial charge in [-0.3, -0.25) is 0 Å². The molecule has 2 unspecified atom stereocenters. The summed E-state index contributed by atoms with van der Waals surface area (Å²) in [5.74, 6) is -4.76. The van der Waals surface area contributed by atoms with Crippen LogP contribution in [0.1, 0.15) is 71.1 Å². The molecule has 0 radical (unpaired) electrons. The minimum absolute atomic E-state index is 0. The van der Waals surface area contributed by atoms with Crippen LogP contribution in [0.4, 0.5) is 0 Å². The number of unbranched alkanes of at least 4 members (excludes halogenated alkanes) is 9.